The Balaban J connectivity index is 1.67. The zero-order valence-corrected chi connectivity index (χ0v) is 16.5. The Hall–Kier alpha value is -2.59. The molecule has 0 bridgehead atoms. The minimum atomic E-state index is -0.209. The highest BCUT2D eigenvalue weighted by Gasteiger charge is 2.38. The van der Waals surface area contributed by atoms with Crippen molar-refractivity contribution in [3.8, 4) is 5.75 Å². The topological polar surface area (TPSA) is 55.4 Å². The molecule has 4 nitrogen and oxygen atoms in total. The molecule has 5 heteroatoms. The van der Waals surface area contributed by atoms with Gasteiger partial charge in [-0.15, -0.1) is 0 Å². The first-order valence-corrected chi connectivity index (χ1v) is 9.98. The van der Waals surface area contributed by atoms with Gasteiger partial charge in [-0.1, -0.05) is 41.9 Å². The number of allylic oxidation sites excluding steroid dienone is 2. The number of hydrogen-bond donors (Lipinski definition) is 1. The van der Waals surface area contributed by atoms with Crippen LogP contribution in [0.1, 0.15) is 49.1 Å². The first kappa shape index (κ1) is 18.8. The van der Waals surface area contributed by atoms with Gasteiger partial charge in [0.05, 0.1) is 6.61 Å². The van der Waals surface area contributed by atoms with E-state index in [-0.39, 0.29) is 29.9 Å². The summed E-state index contributed by atoms with van der Waals surface area (Å²) in [5, 5.41) is 3.61. The SMILES string of the molecule is CCOc1ccc([C@@H]2CC(=O)NC3=C2C(=O)C[C@H](c2ccccc2Cl)C3)cc1. The van der Waals surface area contributed by atoms with Gasteiger partial charge >= 0.3 is 0 Å². The van der Waals surface area contributed by atoms with Crippen molar-refractivity contribution in [3.63, 3.8) is 0 Å². The molecule has 1 aliphatic carbocycles. The lowest BCUT2D eigenvalue weighted by Crippen LogP contribution is -2.38. The quantitative estimate of drug-likeness (QED) is 0.813. The second-order valence-corrected chi connectivity index (χ2v) is 7.66. The lowest BCUT2D eigenvalue weighted by molar-refractivity contribution is -0.122. The average molecular weight is 396 g/mol. The third kappa shape index (κ3) is 3.57. The Morgan fingerprint density at radius 3 is 2.50 bits per heavy atom. The van der Waals surface area contributed by atoms with Crippen LogP contribution in [-0.4, -0.2) is 18.3 Å². The smallest absolute Gasteiger partial charge is 0.225 e. The van der Waals surface area contributed by atoms with Gasteiger partial charge in [0.15, 0.2) is 5.78 Å². The largest absolute Gasteiger partial charge is 0.494 e. The van der Waals surface area contributed by atoms with Crippen LogP contribution in [-0.2, 0) is 9.59 Å². The van der Waals surface area contributed by atoms with E-state index in [9.17, 15) is 9.59 Å². The number of halogens is 1. The van der Waals surface area contributed by atoms with Crippen molar-refractivity contribution in [1.29, 1.82) is 0 Å². The van der Waals surface area contributed by atoms with Gasteiger partial charge in [-0.25, -0.2) is 0 Å². The van der Waals surface area contributed by atoms with Crippen molar-refractivity contribution >= 4 is 23.3 Å². The lowest BCUT2D eigenvalue weighted by atomic mass is 9.73. The van der Waals surface area contributed by atoms with Crippen LogP contribution in [0, 0.1) is 0 Å². The molecule has 2 aromatic rings. The number of rotatable bonds is 4. The molecule has 1 amide bonds. The van der Waals surface area contributed by atoms with Crippen LogP contribution in [0.3, 0.4) is 0 Å². The van der Waals surface area contributed by atoms with Gasteiger partial charge in [0.1, 0.15) is 5.75 Å². The van der Waals surface area contributed by atoms with E-state index in [4.69, 9.17) is 16.3 Å². The van der Waals surface area contributed by atoms with Gasteiger partial charge in [-0.2, -0.15) is 0 Å². The minimum absolute atomic E-state index is 0.0145. The van der Waals surface area contributed by atoms with Crippen LogP contribution in [0.2, 0.25) is 5.02 Å². The zero-order chi connectivity index (χ0) is 19.7. The molecular formula is C23H22ClNO3. The summed E-state index contributed by atoms with van der Waals surface area (Å²) in [4.78, 5) is 25.5. The Labute approximate surface area is 169 Å². The van der Waals surface area contributed by atoms with Crippen molar-refractivity contribution in [2.75, 3.05) is 6.61 Å². The highest BCUT2D eigenvalue weighted by molar-refractivity contribution is 6.31. The van der Waals surface area contributed by atoms with Gasteiger partial charge in [0.25, 0.3) is 0 Å². The number of nitrogens with one attached hydrogen (secondary N) is 1. The lowest BCUT2D eigenvalue weighted by Gasteiger charge is -2.34. The van der Waals surface area contributed by atoms with E-state index >= 15 is 0 Å². The van der Waals surface area contributed by atoms with Crippen LogP contribution in [0.5, 0.6) is 5.75 Å². The first-order chi connectivity index (χ1) is 13.6. The Bertz CT molecular complexity index is 949. The maximum atomic E-state index is 13.1. The Morgan fingerprint density at radius 1 is 1.04 bits per heavy atom. The minimum Gasteiger partial charge on any atom is -0.494 e. The number of carbonyl (C=O) groups excluding carboxylic acids is 2. The highest BCUT2D eigenvalue weighted by Crippen LogP contribution is 2.43. The fourth-order valence-electron chi connectivity index (χ4n) is 4.23. The molecule has 0 saturated carbocycles. The average Bonchev–Trinajstić information content (AvgIpc) is 2.68. The monoisotopic (exact) mass is 395 g/mol. The molecule has 2 aromatic carbocycles. The van der Waals surface area contributed by atoms with E-state index in [0.717, 1.165) is 28.1 Å². The van der Waals surface area contributed by atoms with Crippen molar-refractivity contribution < 1.29 is 14.3 Å². The molecule has 0 spiro atoms. The molecule has 0 aromatic heterocycles. The molecule has 0 fully saturated rings. The van der Waals surface area contributed by atoms with E-state index < -0.39 is 0 Å². The summed E-state index contributed by atoms with van der Waals surface area (Å²) in [5.74, 6) is 0.600. The number of Topliss-reactive ketones (excluding diaryl/α,β-unsaturated/α-hetero) is 1. The van der Waals surface area contributed by atoms with Gasteiger partial charge in [0, 0.05) is 35.1 Å². The van der Waals surface area contributed by atoms with Crippen LogP contribution in [0.4, 0.5) is 0 Å². The van der Waals surface area contributed by atoms with E-state index in [1.807, 2.05) is 55.5 Å². The van der Waals surface area contributed by atoms with E-state index in [0.29, 0.717) is 24.5 Å². The molecule has 2 atom stereocenters. The van der Waals surface area contributed by atoms with Crippen LogP contribution in [0.15, 0.2) is 59.8 Å². The second-order valence-electron chi connectivity index (χ2n) is 7.25. The molecule has 2 aliphatic rings. The summed E-state index contributed by atoms with van der Waals surface area (Å²) < 4.78 is 5.50. The molecule has 28 heavy (non-hydrogen) atoms. The van der Waals surface area contributed by atoms with Crippen LogP contribution < -0.4 is 10.1 Å². The maximum absolute atomic E-state index is 13.1. The van der Waals surface area contributed by atoms with Crippen LogP contribution >= 0.6 is 11.6 Å². The van der Waals surface area contributed by atoms with Crippen LogP contribution in [0.25, 0.3) is 0 Å². The first-order valence-electron chi connectivity index (χ1n) is 9.60. The van der Waals surface area contributed by atoms with Crippen molar-refractivity contribution in [2.45, 2.75) is 38.0 Å². The van der Waals surface area contributed by atoms with Gasteiger partial charge in [0.2, 0.25) is 5.91 Å². The molecule has 4 rings (SSSR count). The number of carbonyl (C=O) groups is 2. The number of ketones is 1. The van der Waals surface area contributed by atoms with E-state index in [2.05, 4.69) is 5.32 Å². The molecule has 144 valence electrons. The summed E-state index contributed by atoms with van der Waals surface area (Å²) in [6, 6.07) is 15.3. The molecule has 0 unspecified atom stereocenters. The Morgan fingerprint density at radius 2 is 1.79 bits per heavy atom. The predicted octanol–water partition coefficient (Wildman–Crippen LogP) is 4.74. The number of hydrogen-bond acceptors (Lipinski definition) is 3. The normalized spacial score (nSPS) is 21.9. The van der Waals surface area contributed by atoms with Gasteiger partial charge < -0.3 is 10.1 Å². The zero-order valence-electron chi connectivity index (χ0n) is 15.7. The molecule has 1 aliphatic heterocycles. The van der Waals surface area contributed by atoms with Crippen molar-refractivity contribution in [3.05, 3.63) is 76.0 Å². The highest BCUT2D eigenvalue weighted by atomic mass is 35.5. The standard InChI is InChI=1S/C23H22ClNO3/c1-2-28-16-9-7-14(8-10-16)18-13-22(27)25-20-11-15(12-21(26)23(18)20)17-5-3-4-6-19(17)24/h3-10,15,18H,2,11-13H2,1H3,(H,25,27)/t15-,18+/m1/s1. The fourth-order valence-corrected chi connectivity index (χ4v) is 4.52. The summed E-state index contributed by atoms with van der Waals surface area (Å²) in [6.45, 7) is 2.54. The third-order valence-corrected chi connectivity index (χ3v) is 5.82. The van der Waals surface area contributed by atoms with Crippen molar-refractivity contribution in [2.24, 2.45) is 0 Å². The predicted molar refractivity (Wildman–Crippen MR) is 109 cm³/mol. The summed E-state index contributed by atoms with van der Waals surface area (Å²) >= 11 is 6.35. The van der Waals surface area contributed by atoms with Gasteiger partial charge in [-0.3, -0.25) is 9.59 Å². The van der Waals surface area contributed by atoms with Gasteiger partial charge in [-0.05, 0) is 48.6 Å². The maximum Gasteiger partial charge on any atom is 0.225 e. The number of amides is 1. The second kappa shape index (κ2) is 7.80. The fraction of sp³-hybridized carbons (Fsp3) is 0.304. The third-order valence-electron chi connectivity index (χ3n) is 5.47. The molecule has 1 N–H and O–H groups in total. The Kier molecular flexibility index (Phi) is 5.23. The summed E-state index contributed by atoms with van der Waals surface area (Å²) in [6.07, 6.45) is 1.31. The van der Waals surface area contributed by atoms with E-state index in [1.54, 1.807) is 0 Å². The summed E-state index contributed by atoms with van der Waals surface area (Å²) in [7, 11) is 0. The number of ether oxygens (including phenoxy) is 1. The molecular weight excluding hydrogens is 374 g/mol. The van der Waals surface area contributed by atoms with Crippen molar-refractivity contribution in [1.82, 2.24) is 5.32 Å². The summed E-state index contributed by atoms with van der Waals surface area (Å²) in [5.41, 5.74) is 3.42. The van der Waals surface area contributed by atoms with E-state index in [1.165, 1.54) is 0 Å². The molecule has 0 radical (unpaired) electrons. The molecule has 0 saturated heterocycles. The molecule has 1 heterocycles. The number of benzene rings is 2.